The van der Waals surface area contributed by atoms with Gasteiger partial charge in [-0.1, -0.05) is 23.7 Å². The normalized spacial score (nSPS) is 10.3. The van der Waals surface area contributed by atoms with Gasteiger partial charge in [-0.15, -0.1) is 0 Å². The molecular weight excluding hydrogens is 238 g/mol. The Bertz CT molecular complexity index is 563. The minimum atomic E-state index is -0.264. The monoisotopic (exact) mass is 249 g/mol. The van der Waals surface area contributed by atoms with Crippen LogP contribution in [0.3, 0.4) is 0 Å². The SMILES string of the molecule is Cc1nc(C(=O)Nc2ccccc2Cl)c(C)[nH]1. The fourth-order valence-corrected chi connectivity index (χ4v) is 1.76. The van der Waals surface area contributed by atoms with Crippen LogP contribution in [0.4, 0.5) is 5.69 Å². The number of rotatable bonds is 2. The summed E-state index contributed by atoms with van der Waals surface area (Å²) in [5.41, 5.74) is 1.72. The number of imidazole rings is 1. The number of hydrogen-bond acceptors (Lipinski definition) is 2. The summed E-state index contributed by atoms with van der Waals surface area (Å²) in [6.07, 6.45) is 0. The van der Waals surface area contributed by atoms with Crippen LogP contribution in [0.25, 0.3) is 0 Å². The van der Waals surface area contributed by atoms with E-state index in [1.54, 1.807) is 19.1 Å². The number of aryl methyl sites for hydroxylation is 2. The molecule has 0 spiro atoms. The molecule has 4 nitrogen and oxygen atoms in total. The third kappa shape index (κ3) is 2.47. The summed E-state index contributed by atoms with van der Waals surface area (Å²) in [5.74, 6) is 0.451. The van der Waals surface area contributed by atoms with Crippen LogP contribution in [-0.4, -0.2) is 15.9 Å². The molecular formula is C12H12ClN3O. The van der Waals surface area contributed by atoms with E-state index < -0.39 is 0 Å². The van der Waals surface area contributed by atoms with E-state index in [9.17, 15) is 4.79 Å². The van der Waals surface area contributed by atoms with Gasteiger partial charge in [0.15, 0.2) is 0 Å². The summed E-state index contributed by atoms with van der Waals surface area (Å²) in [6, 6.07) is 7.08. The lowest BCUT2D eigenvalue weighted by atomic mass is 10.3. The smallest absolute Gasteiger partial charge is 0.276 e. The molecule has 1 aromatic carbocycles. The molecule has 0 aliphatic rings. The van der Waals surface area contributed by atoms with Gasteiger partial charge in [-0.05, 0) is 26.0 Å². The first kappa shape index (κ1) is 11.7. The summed E-state index contributed by atoms with van der Waals surface area (Å²) in [7, 11) is 0. The molecule has 0 saturated heterocycles. The van der Waals surface area contributed by atoms with E-state index in [1.807, 2.05) is 19.1 Å². The van der Waals surface area contributed by atoms with Gasteiger partial charge >= 0.3 is 0 Å². The van der Waals surface area contributed by atoms with Crippen LogP contribution in [-0.2, 0) is 0 Å². The van der Waals surface area contributed by atoms with E-state index in [2.05, 4.69) is 15.3 Å². The van der Waals surface area contributed by atoms with E-state index >= 15 is 0 Å². The number of halogens is 1. The van der Waals surface area contributed by atoms with Crippen molar-refractivity contribution in [1.82, 2.24) is 9.97 Å². The largest absolute Gasteiger partial charge is 0.346 e. The molecule has 0 saturated carbocycles. The van der Waals surface area contributed by atoms with Gasteiger partial charge < -0.3 is 10.3 Å². The van der Waals surface area contributed by atoms with Crippen molar-refractivity contribution in [3.05, 3.63) is 46.5 Å². The lowest BCUT2D eigenvalue weighted by Gasteiger charge is -2.05. The standard InChI is InChI=1S/C12H12ClN3O/c1-7-11(15-8(2)14-7)12(17)16-10-6-4-3-5-9(10)13/h3-6H,1-2H3,(H,14,15)(H,16,17). The maximum atomic E-state index is 11.9. The maximum Gasteiger partial charge on any atom is 0.276 e. The van der Waals surface area contributed by atoms with Crippen molar-refractivity contribution in [1.29, 1.82) is 0 Å². The summed E-state index contributed by atoms with van der Waals surface area (Å²) < 4.78 is 0. The third-order valence-electron chi connectivity index (χ3n) is 2.34. The van der Waals surface area contributed by atoms with Crippen molar-refractivity contribution in [2.75, 3.05) is 5.32 Å². The second-order valence-electron chi connectivity index (χ2n) is 3.73. The van der Waals surface area contributed by atoms with Gasteiger partial charge in [0.05, 0.1) is 10.7 Å². The Hall–Kier alpha value is -1.81. The molecule has 0 unspecified atom stereocenters. The minimum Gasteiger partial charge on any atom is -0.346 e. The van der Waals surface area contributed by atoms with E-state index in [-0.39, 0.29) is 5.91 Å². The zero-order valence-corrected chi connectivity index (χ0v) is 10.3. The third-order valence-corrected chi connectivity index (χ3v) is 2.67. The fraction of sp³-hybridized carbons (Fsp3) is 0.167. The second-order valence-corrected chi connectivity index (χ2v) is 4.14. The van der Waals surface area contributed by atoms with Gasteiger partial charge in [0.2, 0.25) is 0 Å². The van der Waals surface area contributed by atoms with Crippen molar-refractivity contribution >= 4 is 23.2 Å². The number of anilines is 1. The van der Waals surface area contributed by atoms with Crippen LogP contribution in [0.2, 0.25) is 5.02 Å². The summed E-state index contributed by atoms with van der Waals surface area (Å²) in [4.78, 5) is 19.1. The number of carbonyl (C=O) groups excluding carboxylic acids is 1. The van der Waals surface area contributed by atoms with E-state index in [1.165, 1.54) is 0 Å². The molecule has 0 aliphatic carbocycles. The van der Waals surface area contributed by atoms with Crippen LogP contribution >= 0.6 is 11.6 Å². The van der Waals surface area contributed by atoms with Crippen molar-refractivity contribution in [3.8, 4) is 0 Å². The number of aromatic amines is 1. The van der Waals surface area contributed by atoms with Crippen molar-refractivity contribution in [2.45, 2.75) is 13.8 Å². The molecule has 1 heterocycles. The zero-order chi connectivity index (χ0) is 12.4. The Kier molecular flexibility index (Phi) is 3.15. The molecule has 0 fully saturated rings. The Morgan fingerprint density at radius 3 is 2.65 bits per heavy atom. The zero-order valence-electron chi connectivity index (χ0n) is 9.54. The maximum absolute atomic E-state index is 11.9. The molecule has 2 aromatic rings. The predicted molar refractivity (Wildman–Crippen MR) is 67.5 cm³/mol. The van der Waals surface area contributed by atoms with Crippen LogP contribution in [0.5, 0.6) is 0 Å². The predicted octanol–water partition coefficient (Wildman–Crippen LogP) is 2.93. The number of amides is 1. The number of nitrogens with one attached hydrogen (secondary N) is 2. The molecule has 0 bridgehead atoms. The van der Waals surface area contributed by atoms with Crippen molar-refractivity contribution < 1.29 is 4.79 Å². The highest BCUT2D eigenvalue weighted by atomic mass is 35.5. The molecule has 17 heavy (non-hydrogen) atoms. The molecule has 0 atom stereocenters. The highest BCUT2D eigenvalue weighted by Gasteiger charge is 2.14. The Labute approximate surface area is 104 Å². The van der Waals surface area contributed by atoms with E-state index in [0.29, 0.717) is 22.2 Å². The fourth-order valence-electron chi connectivity index (χ4n) is 1.58. The number of nitrogens with zero attached hydrogens (tertiary/aromatic N) is 1. The van der Waals surface area contributed by atoms with Crippen molar-refractivity contribution in [3.63, 3.8) is 0 Å². The van der Waals surface area contributed by atoms with Gasteiger partial charge in [0.1, 0.15) is 11.5 Å². The van der Waals surface area contributed by atoms with Gasteiger partial charge in [0, 0.05) is 5.69 Å². The first-order chi connectivity index (χ1) is 8.08. The molecule has 2 N–H and O–H groups in total. The average Bonchev–Trinajstić information content (AvgIpc) is 2.61. The average molecular weight is 250 g/mol. The number of H-pyrrole nitrogens is 1. The van der Waals surface area contributed by atoms with Crippen LogP contribution in [0, 0.1) is 13.8 Å². The van der Waals surface area contributed by atoms with Crippen LogP contribution in [0.15, 0.2) is 24.3 Å². The number of para-hydroxylation sites is 1. The Morgan fingerprint density at radius 2 is 2.06 bits per heavy atom. The molecule has 5 heteroatoms. The van der Waals surface area contributed by atoms with Gasteiger partial charge in [0.25, 0.3) is 5.91 Å². The lowest BCUT2D eigenvalue weighted by Crippen LogP contribution is -2.13. The minimum absolute atomic E-state index is 0.264. The molecule has 2 rings (SSSR count). The molecule has 1 aromatic heterocycles. The number of carbonyl (C=O) groups is 1. The highest BCUT2D eigenvalue weighted by Crippen LogP contribution is 2.21. The van der Waals surface area contributed by atoms with Crippen LogP contribution < -0.4 is 5.32 Å². The lowest BCUT2D eigenvalue weighted by molar-refractivity contribution is 0.102. The van der Waals surface area contributed by atoms with Crippen LogP contribution in [0.1, 0.15) is 22.0 Å². The Balaban J connectivity index is 2.23. The number of aromatic nitrogens is 2. The van der Waals surface area contributed by atoms with Gasteiger partial charge in [-0.2, -0.15) is 0 Å². The first-order valence-electron chi connectivity index (χ1n) is 5.17. The van der Waals surface area contributed by atoms with E-state index in [4.69, 9.17) is 11.6 Å². The van der Waals surface area contributed by atoms with Gasteiger partial charge in [-0.3, -0.25) is 4.79 Å². The Morgan fingerprint density at radius 1 is 1.35 bits per heavy atom. The molecule has 0 aliphatic heterocycles. The second kappa shape index (κ2) is 4.59. The first-order valence-corrected chi connectivity index (χ1v) is 5.55. The highest BCUT2D eigenvalue weighted by molar-refractivity contribution is 6.33. The summed E-state index contributed by atoms with van der Waals surface area (Å²) in [6.45, 7) is 3.61. The molecule has 1 amide bonds. The van der Waals surface area contributed by atoms with E-state index in [0.717, 1.165) is 5.69 Å². The summed E-state index contributed by atoms with van der Waals surface area (Å²) >= 11 is 5.96. The topological polar surface area (TPSA) is 57.8 Å². The van der Waals surface area contributed by atoms with Gasteiger partial charge in [-0.25, -0.2) is 4.98 Å². The number of hydrogen-bond donors (Lipinski definition) is 2. The van der Waals surface area contributed by atoms with Crippen molar-refractivity contribution in [2.24, 2.45) is 0 Å². The number of benzene rings is 1. The molecule has 0 radical (unpaired) electrons. The molecule has 88 valence electrons. The summed E-state index contributed by atoms with van der Waals surface area (Å²) in [5, 5.41) is 3.23. The quantitative estimate of drug-likeness (QED) is 0.860.